The Morgan fingerprint density at radius 2 is 2.00 bits per heavy atom. The van der Waals surface area contributed by atoms with E-state index in [1.54, 1.807) is 6.07 Å². The van der Waals surface area contributed by atoms with E-state index in [1.165, 1.54) is 17.4 Å². The molecule has 0 saturated carbocycles. The molecule has 0 saturated heterocycles. The van der Waals surface area contributed by atoms with Crippen molar-refractivity contribution in [3.63, 3.8) is 0 Å². The zero-order valence-corrected chi connectivity index (χ0v) is 9.12. The lowest BCUT2D eigenvalue weighted by molar-refractivity contribution is 1.41. The Kier molecular flexibility index (Phi) is 1.91. The van der Waals surface area contributed by atoms with E-state index < -0.39 is 0 Å². The van der Waals surface area contributed by atoms with Gasteiger partial charge >= 0.3 is 0 Å². The molecule has 2 N–H and O–H groups in total. The third-order valence-electron chi connectivity index (χ3n) is 2.40. The molecule has 78 valence electrons. The molecule has 1 aromatic carbocycles. The molecule has 2 aliphatic rings. The second-order valence-corrected chi connectivity index (χ2v) is 4.62. The van der Waals surface area contributed by atoms with Gasteiger partial charge in [0, 0.05) is 12.1 Å². The van der Waals surface area contributed by atoms with Crippen LogP contribution in [0.2, 0.25) is 0 Å². The van der Waals surface area contributed by atoms with Crippen molar-refractivity contribution >= 4 is 27.2 Å². The van der Waals surface area contributed by atoms with Crippen LogP contribution in [0.3, 0.4) is 0 Å². The molecule has 0 radical (unpaired) electrons. The number of rotatable bonds is 0. The molecular weight excluding hydrogens is 220 g/mol. The van der Waals surface area contributed by atoms with Crippen molar-refractivity contribution in [2.24, 2.45) is 0 Å². The first kappa shape index (κ1) is 9.30. The molecule has 0 amide bonds. The predicted octanol–water partition coefficient (Wildman–Crippen LogP) is 2.34. The minimum atomic E-state index is -0.0710. The van der Waals surface area contributed by atoms with Gasteiger partial charge in [-0.3, -0.25) is 4.79 Å². The highest BCUT2D eigenvalue weighted by Crippen LogP contribution is 2.32. The molecule has 1 aliphatic heterocycles. The van der Waals surface area contributed by atoms with Gasteiger partial charge in [-0.2, -0.15) is 0 Å². The number of nitrogens with zero attached hydrogens (tertiary/aromatic N) is 1. The fraction of sp³-hybridized carbons (Fsp3) is 0. The van der Waals surface area contributed by atoms with Crippen molar-refractivity contribution in [2.75, 3.05) is 5.73 Å². The minimum Gasteiger partial charge on any atom is -0.397 e. The van der Waals surface area contributed by atoms with Crippen LogP contribution in [0.1, 0.15) is 0 Å². The average Bonchev–Trinajstić information content (AvgIpc) is 2.27. The van der Waals surface area contributed by atoms with Gasteiger partial charge in [0.1, 0.15) is 5.69 Å². The van der Waals surface area contributed by atoms with E-state index in [0.717, 1.165) is 15.1 Å². The summed E-state index contributed by atoms with van der Waals surface area (Å²) in [6.07, 6.45) is 0. The standard InChI is InChI=1S/C12H8N2OS/c13-8-5-7(15)6-11-12(8)14-9-3-1-2-4-10(9)16-11/h1-6H,13H2. The van der Waals surface area contributed by atoms with Crippen LogP contribution in [0.25, 0.3) is 20.8 Å². The van der Waals surface area contributed by atoms with Crippen LogP contribution >= 0.6 is 11.3 Å². The van der Waals surface area contributed by atoms with Gasteiger partial charge < -0.3 is 5.73 Å². The van der Waals surface area contributed by atoms with Crippen LogP contribution in [0.4, 0.5) is 5.69 Å². The summed E-state index contributed by atoms with van der Waals surface area (Å²) in [5.74, 6) is 0. The summed E-state index contributed by atoms with van der Waals surface area (Å²) >= 11 is 1.54. The Bertz CT molecular complexity index is 705. The SMILES string of the molecule is Nc1cc(=O)cc2sc3ccccc3nc1-2. The van der Waals surface area contributed by atoms with E-state index in [4.69, 9.17) is 5.73 Å². The molecule has 3 nitrogen and oxygen atoms in total. The Hall–Kier alpha value is -1.94. The van der Waals surface area contributed by atoms with Crippen molar-refractivity contribution in [1.82, 2.24) is 4.98 Å². The van der Waals surface area contributed by atoms with Gasteiger partial charge in [0.2, 0.25) is 0 Å². The van der Waals surface area contributed by atoms with Gasteiger partial charge in [0.15, 0.2) is 5.43 Å². The topological polar surface area (TPSA) is 56.0 Å². The number of hydrogen-bond donors (Lipinski definition) is 1. The summed E-state index contributed by atoms with van der Waals surface area (Å²) in [7, 11) is 0. The number of anilines is 1. The van der Waals surface area contributed by atoms with Gasteiger partial charge in [-0.1, -0.05) is 12.1 Å². The Labute approximate surface area is 95.5 Å². The highest BCUT2D eigenvalue weighted by atomic mass is 32.1. The molecule has 0 spiro atoms. The molecule has 0 atom stereocenters. The number of benzene rings is 2. The van der Waals surface area contributed by atoms with Gasteiger partial charge in [-0.25, -0.2) is 4.98 Å². The molecule has 0 unspecified atom stereocenters. The van der Waals surface area contributed by atoms with E-state index in [1.807, 2.05) is 24.3 Å². The summed E-state index contributed by atoms with van der Waals surface area (Å²) in [5, 5.41) is 0. The monoisotopic (exact) mass is 228 g/mol. The molecule has 0 aromatic heterocycles. The van der Waals surface area contributed by atoms with Crippen LogP contribution in [0.15, 0.2) is 41.2 Å². The Morgan fingerprint density at radius 3 is 2.88 bits per heavy atom. The Balaban J connectivity index is 2.52. The highest BCUT2D eigenvalue weighted by molar-refractivity contribution is 7.21. The van der Waals surface area contributed by atoms with E-state index in [9.17, 15) is 4.79 Å². The molecule has 1 aromatic rings. The van der Waals surface area contributed by atoms with Crippen molar-refractivity contribution in [3.05, 3.63) is 46.6 Å². The maximum atomic E-state index is 11.3. The molecule has 0 fully saturated rings. The van der Waals surface area contributed by atoms with Crippen molar-refractivity contribution in [1.29, 1.82) is 0 Å². The lowest BCUT2D eigenvalue weighted by atomic mass is 10.2. The number of aromatic nitrogens is 1. The van der Waals surface area contributed by atoms with Crippen molar-refractivity contribution in [3.8, 4) is 10.6 Å². The van der Waals surface area contributed by atoms with E-state index >= 15 is 0 Å². The number of fused-ring (bicyclic) bond motifs is 2. The lowest BCUT2D eigenvalue weighted by Gasteiger charge is -2.07. The molecule has 1 aliphatic carbocycles. The maximum absolute atomic E-state index is 11.3. The normalized spacial score (nSPS) is 11.0. The largest absolute Gasteiger partial charge is 0.397 e. The van der Waals surface area contributed by atoms with E-state index in [2.05, 4.69) is 4.98 Å². The second kappa shape index (κ2) is 3.28. The number of hydrogen-bond acceptors (Lipinski definition) is 4. The average molecular weight is 228 g/mol. The summed E-state index contributed by atoms with van der Waals surface area (Å²) in [5.41, 5.74) is 7.79. The van der Waals surface area contributed by atoms with Crippen LogP contribution in [-0.4, -0.2) is 4.98 Å². The first-order valence-electron chi connectivity index (χ1n) is 4.83. The predicted molar refractivity (Wildman–Crippen MR) is 66.9 cm³/mol. The fourth-order valence-corrected chi connectivity index (χ4v) is 2.71. The van der Waals surface area contributed by atoms with Gasteiger partial charge in [0.25, 0.3) is 0 Å². The molecule has 4 heteroatoms. The van der Waals surface area contributed by atoms with Crippen LogP contribution in [0.5, 0.6) is 0 Å². The van der Waals surface area contributed by atoms with Crippen LogP contribution < -0.4 is 11.2 Å². The quantitative estimate of drug-likeness (QED) is 0.474. The van der Waals surface area contributed by atoms with Crippen LogP contribution in [0, 0.1) is 0 Å². The smallest absolute Gasteiger partial charge is 0.182 e. The van der Waals surface area contributed by atoms with E-state index in [0.29, 0.717) is 11.4 Å². The number of para-hydroxylation sites is 1. The lowest BCUT2D eigenvalue weighted by Crippen LogP contribution is -2.04. The zero-order chi connectivity index (χ0) is 11.1. The number of nitrogens with two attached hydrogens (primary N) is 1. The number of nitrogen functional groups attached to an aromatic ring is 1. The molecular formula is C12H8N2OS. The zero-order valence-electron chi connectivity index (χ0n) is 8.31. The summed E-state index contributed by atoms with van der Waals surface area (Å²) in [6.45, 7) is 0. The van der Waals surface area contributed by atoms with Crippen molar-refractivity contribution < 1.29 is 0 Å². The minimum absolute atomic E-state index is 0.0710. The third kappa shape index (κ3) is 1.35. The van der Waals surface area contributed by atoms with Gasteiger partial charge in [-0.15, -0.1) is 11.3 Å². The fourth-order valence-electron chi connectivity index (χ4n) is 1.68. The Morgan fingerprint density at radius 1 is 1.19 bits per heavy atom. The van der Waals surface area contributed by atoms with Gasteiger partial charge in [-0.05, 0) is 12.1 Å². The summed E-state index contributed by atoms with van der Waals surface area (Å²) < 4.78 is 1.06. The van der Waals surface area contributed by atoms with Crippen molar-refractivity contribution in [2.45, 2.75) is 0 Å². The molecule has 0 bridgehead atoms. The summed E-state index contributed by atoms with van der Waals surface area (Å²) in [4.78, 5) is 16.6. The molecule has 1 heterocycles. The molecule has 16 heavy (non-hydrogen) atoms. The van der Waals surface area contributed by atoms with Gasteiger partial charge in [0.05, 0.1) is 20.8 Å². The summed E-state index contributed by atoms with van der Waals surface area (Å²) in [6, 6.07) is 10.8. The highest BCUT2D eigenvalue weighted by Gasteiger charge is 2.10. The van der Waals surface area contributed by atoms with E-state index in [-0.39, 0.29) is 5.43 Å². The first-order valence-corrected chi connectivity index (χ1v) is 5.65. The molecule has 3 rings (SSSR count). The first-order chi connectivity index (χ1) is 7.74. The third-order valence-corrected chi connectivity index (χ3v) is 3.49. The maximum Gasteiger partial charge on any atom is 0.182 e. The second-order valence-electron chi connectivity index (χ2n) is 3.54. The van der Waals surface area contributed by atoms with Crippen LogP contribution in [-0.2, 0) is 0 Å².